The SMILES string of the molecule is CCCCC/C=C\CCC(=O)OCC. The molecule has 0 aromatic heterocycles. The molecule has 0 fully saturated rings. The fourth-order valence-electron chi connectivity index (χ4n) is 1.18. The molecule has 0 rings (SSSR count). The lowest BCUT2D eigenvalue weighted by Gasteiger charge is -1.98. The predicted octanol–water partition coefficient (Wildman–Crippen LogP) is 3.47. The summed E-state index contributed by atoms with van der Waals surface area (Å²) in [5.74, 6) is -0.0919. The van der Waals surface area contributed by atoms with E-state index in [2.05, 4.69) is 19.1 Å². The minimum Gasteiger partial charge on any atom is -0.466 e. The molecular weight excluding hydrogens is 176 g/mol. The average molecular weight is 198 g/mol. The molecular formula is C12H22O2. The van der Waals surface area contributed by atoms with Crippen molar-refractivity contribution in [2.45, 2.75) is 52.4 Å². The molecule has 0 aliphatic heterocycles. The number of carbonyl (C=O) groups excluding carboxylic acids is 1. The van der Waals surface area contributed by atoms with Crippen molar-refractivity contribution in [2.24, 2.45) is 0 Å². The van der Waals surface area contributed by atoms with Gasteiger partial charge in [0.2, 0.25) is 0 Å². The van der Waals surface area contributed by atoms with Gasteiger partial charge in [-0.05, 0) is 26.2 Å². The third-order valence-corrected chi connectivity index (χ3v) is 1.96. The monoisotopic (exact) mass is 198 g/mol. The fourth-order valence-corrected chi connectivity index (χ4v) is 1.18. The molecule has 2 heteroatoms. The van der Waals surface area contributed by atoms with E-state index in [4.69, 9.17) is 4.74 Å². The molecule has 0 saturated carbocycles. The number of esters is 1. The zero-order valence-corrected chi connectivity index (χ0v) is 9.42. The summed E-state index contributed by atoms with van der Waals surface area (Å²) in [4.78, 5) is 10.9. The predicted molar refractivity (Wildman–Crippen MR) is 59.1 cm³/mol. The Morgan fingerprint density at radius 1 is 1.14 bits per heavy atom. The molecule has 14 heavy (non-hydrogen) atoms. The maximum Gasteiger partial charge on any atom is 0.306 e. The summed E-state index contributed by atoms with van der Waals surface area (Å²) >= 11 is 0. The highest BCUT2D eigenvalue weighted by Gasteiger charge is 1.97. The van der Waals surface area contributed by atoms with E-state index >= 15 is 0 Å². The molecule has 0 bridgehead atoms. The van der Waals surface area contributed by atoms with E-state index in [1.165, 1.54) is 19.3 Å². The Hall–Kier alpha value is -0.790. The second-order valence-electron chi connectivity index (χ2n) is 3.31. The number of allylic oxidation sites excluding steroid dienone is 2. The van der Waals surface area contributed by atoms with Gasteiger partial charge in [0.15, 0.2) is 0 Å². The summed E-state index contributed by atoms with van der Waals surface area (Å²) in [6.07, 6.45) is 10.5. The molecule has 0 spiro atoms. The molecule has 82 valence electrons. The zero-order chi connectivity index (χ0) is 10.6. The molecule has 0 atom stereocenters. The van der Waals surface area contributed by atoms with Crippen LogP contribution in [0.5, 0.6) is 0 Å². The van der Waals surface area contributed by atoms with Crippen molar-refractivity contribution in [2.75, 3.05) is 6.61 Å². The van der Waals surface area contributed by atoms with Gasteiger partial charge >= 0.3 is 5.97 Å². The Morgan fingerprint density at radius 2 is 1.86 bits per heavy atom. The van der Waals surface area contributed by atoms with Crippen LogP contribution in [-0.2, 0) is 9.53 Å². The third kappa shape index (κ3) is 9.30. The lowest BCUT2D eigenvalue weighted by molar-refractivity contribution is -0.142. The van der Waals surface area contributed by atoms with Crippen molar-refractivity contribution in [3.63, 3.8) is 0 Å². The minimum atomic E-state index is -0.0919. The van der Waals surface area contributed by atoms with Crippen LogP contribution in [0.15, 0.2) is 12.2 Å². The fraction of sp³-hybridized carbons (Fsp3) is 0.750. The Balaban J connectivity index is 3.21. The van der Waals surface area contributed by atoms with Crippen molar-refractivity contribution in [3.8, 4) is 0 Å². The maximum absolute atomic E-state index is 10.9. The largest absolute Gasteiger partial charge is 0.466 e. The van der Waals surface area contributed by atoms with E-state index in [9.17, 15) is 4.79 Å². The van der Waals surface area contributed by atoms with Gasteiger partial charge in [-0.15, -0.1) is 0 Å². The third-order valence-electron chi connectivity index (χ3n) is 1.96. The van der Waals surface area contributed by atoms with E-state index in [0.29, 0.717) is 13.0 Å². The molecule has 0 amide bonds. The number of hydrogen-bond donors (Lipinski definition) is 0. The quantitative estimate of drug-likeness (QED) is 0.339. The van der Waals surface area contributed by atoms with Crippen LogP contribution in [-0.4, -0.2) is 12.6 Å². The van der Waals surface area contributed by atoms with Gasteiger partial charge < -0.3 is 4.74 Å². The van der Waals surface area contributed by atoms with E-state index in [1.54, 1.807) is 0 Å². The van der Waals surface area contributed by atoms with Gasteiger partial charge in [0, 0.05) is 6.42 Å². The Labute approximate surface area is 87.3 Å². The van der Waals surface area contributed by atoms with E-state index in [1.807, 2.05) is 6.92 Å². The van der Waals surface area contributed by atoms with Crippen LogP contribution in [0, 0.1) is 0 Å². The molecule has 0 aliphatic carbocycles. The first-order chi connectivity index (χ1) is 6.81. The van der Waals surface area contributed by atoms with Gasteiger partial charge in [0.05, 0.1) is 6.61 Å². The minimum absolute atomic E-state index is 0.0919. The van der Waals surface area contributed by atoms with E-state index in [0.717, 1.165) is 12.8 Å². The van der Waals surface area contributed by atoms with Gasteiger partial charge in [-0.2, -0.15) is 0 Å². The van der Waals surface area contributed by atoms with Crippen molar-refractivity contribution >= 4 is 5.97 Å². The summed E-state index contributed by atoms with van der Waals surface area (Å²) in [6.45, 7) is 4.52. The van der Waals surface area contributed by atoms with Crippen LogP contribution in [0.4, 0.5) is 0 Å². The summed E-state index contributed by atoms with van der Waals surface area (Å²) in [6, 6.07) is 0. The Morgan fingerprint density at radius 3 is 2.50 bits per heavy atom. The summed E-state index contributed by atoms with van der Waals surface area (Å²) < 4.78 is 4.81. The van der Waals surface area contributed by atoms with Gasteiger partial charge in [-0.25, -0.2) is 0 Å². The van der Waals surface area contributed by atoms with Crippen LogP contribution in [0.3, 0.4) is 0 Å². The van der Waals surface area contributed by atoms with Gasteiger partial charge in [0.1, 0.15) is 0 Å². The van der Waals surface area contributed by atoms with E-state index < -0.39 is 0 Å². The first-order valence-corrected chi connectivity index (χ1v) is 5.61. The molecule has 0 radical (unpaired) electrons. The highest BCUT2D eigenvalue weighted by atomic mass is 16.5. The lowest BCUT2D eigenvalue weighted by Crippen LogP contribution is -2.02. The van der Waals surface area contributed by atoms with Crippen LogP contribution in [0.1, 0.15) is 52.4 Å². The number of rotatable bonds is 8. The summed E-state index contributed by atoms with van der Waals surface area (Å²) in [5, 5.41) is 0. The number of unbranched alkanes of at least 4 members (excludes halogenated alkanes) is 3. The van der Waals surface area contributed by atoms with Gasteiger partial charge in [0.25, 0.3) is 0 Å². The van der Waals surface area contributed by atoms with E-state index in [-0.39, 0.29) is 5.97 Å². The van der Waals surface area contributed by atoms with Crippen LogP contribution < -0.4 is 0 Å². The standard InChI is InChI=1S/C12H22O2/c1-3-5-6-7-8-9-10-11-12(13)14-4-2/h8-9H,3-7,10-11H2,1-2H3/b9-8-. The van der Waals surface area contributed by atoms with Crippen LogP contribution in [0.25, 0.3) is 0 Å². The summed E-state index contributed by atoms with van der Waals surface area (Å²) in [5.41, 5.74) is 0. The molecule has 2 nitrogen and oxygen atoms in total. The number of ether oxygens (including phenoxy) is 1. The van der Waals surface area contributed by atoms with Crippen LogP contribution >= 0.6 is 0 Å². The lowest BCUT2D eigenvalue weighted by atomic mass is 10.2. The van der Waals surface area contributed by atoms with Crippen molar-refractivity contribution in [1.82, 2.24) is 0 Å². The molecule has 0 heterocycles. The van der Waals surface area contributed by atoms with Gasteiger partial charge in [-0.3, -0.25) is 4.79 Å². The molecule has 0 aromatic rings. The highest BCUT2D eigenvalue weighted by Crippen LogP contribution is 2.01. The van der Waals surface area contributed by atoms with Gasteiger partial charge in [-0.1, -0.05) is 31.9 Å². The Kier molecular flexibility index (Phi) is 9.71. The van der Waals surface area contributed by atoms with Crippen LogP contribution in [0.2, 0.25) is 0 Å². The van der Waals surface area contributed by atoms with Crippen molar-refractivity contribution in [1.29, 1.82) is 0 Å². The first kappa shape index (κ1) is 13.2. The second kappa shape index (κ2) is 10.3. The molecule has 0 aliphatic rings. The molecule has 0 aromatic carbocycles. The first-order valence-electron chi connectivity index (χ1n) is 5.61. The second-order valence-corrected chi connectivity index (χ2v) is 3.31. The molecule has 0 unspecified atom stereocenters. The smallest absolute Gasteiger partial charge is 0.306 e. The number of carbonyl (C=O) groups is 1. The van der Waals surface area contributed by atoms with Crippen molar-refractivity contribution < 1.29 is 9.53 Å². The Bertz CT molecular complexity index is 162. The topological polar surface area (TPSA) is 26.3 Å². The normalized spacial score (nSPS) is 10.7. The molecule has 0 N–H and O–H groups in total. The van der Waals surface area contributed by atoms with Crippen molar-refractivity contribution in [3.05, 3.63) is 12.2 Å². The average Bonchev–Trinajstić information content (AvgIpc) is 2.17. The molecule has 0 saturated heterocycles. The summed E-state index contributed by atoms with van der Waals surface area (Å²) in [7, 11) is 0. The highest BCUT2D eigenvalue weighted by molar-refractivity contribution is 5.69. The zero-order valence-electron chi connectivity index (χ0n) is 9.42. The maximum atomic E-state index is 10.9. The number of hydrogen-bond acceptors (Lipinski definition) is 2.